The zero-order chi connectivity index (χ0) is 14.1. The number of hydrogen-bond donors (Lipinski definition) is 2. The molecule has 0 aliphatic carbocycles. The van der Waals surface area contributed by atoms with Crippen molar-refractivity contribution in [1.82, 2.24) is 14.9 Å². The van der Waals surface area contributed by atoms with Crippen LogP contribution in [0.1, 0.15) is 29.5 Å². The molecule has 0 spiro atoms. The molecule has 1 atom stereocenters. The highest BCUT2D eigenvalue weighted by atomic mass is 16.3. The van der Waals surface area contributed by atoms with Gasteiger partial charge in [-0.3, -0.25) is 4.90 Å². The lowest BCUT2D eigenvalue weighted by Gasteiger charge is -2.40. The lowest BCUT2D eigenvalue weighted by atomic mass is 9.98. The van der Waals surface area contributed by atoms with Crippen molar-refractivity contribution in [3.63, 3.8) is 0 Å². The average Bonchev–Trinajstić information content (AvgIpc) is 2.35. The van der Waals surface area contributed by atoms with E-state index in [1.807, 2.05) is 25.1 Å². The third-order valence-corrected chi connectivity index (χ3v) is 3.67. The van der Waals surface area contributed by atoms with Crippen LogP contribution in [0, 0.1) is 6.92 Å². The van der Waals surface area contributed by atoms with Gasteiger partial charge in [0.15, 0.2) is 0 Å². The molecule has 5 nitrogen and oxygen atoms in total. The van der Waals surface area contributed by atoms with Crippen LogP contribution >= 0.6 is 0 Å². The summed E-state index contributed by atoms with van der Waals surface area (Å²) in [6.07, 6.45) is 1.09. The summed E-state index contributed by atoms with van der Waals surface area (Å²) < 4.78 is 0. The molecule has 20 heavy (non-hydrogen) atoms. The first-order valence-corrected chi connectivity index (χ1v) is 6.75. The minimum absolute atomic E-state index is 0.299. The van der Waals surface area contributed by atoms with Crippen LogP contribution in [0.3, 0.4) is 0 Å². The van der Waals surface area contributed by atoms with Crippen LogP contribution in [0.15, 0.2) is 30.3 Å². The second-order valence-corrected chi connectivity index (χ2v) is 5.21. The van der Waals surface area contributed by atoms with Gasteiger partial charge in [0.2, 0.25) is 0 Å². The molecule has 1 aromatic carbocycles. The number of likely N-dealkylation sites (tertiary alicyclic amines) is 1. The normalized spacial score (nSPS) is 18.8. The lowest BCUT2D eigenvalue weighted by molar-refractivity contribution is 0.0785. The van der Waals surface area contributed by atoms with Crippen LogP contribution in [0.2, 0.25) is 0 Å². The molecule has 2 aromatic rings. The van der Waals surface area contributed by atoms with Crippen molar-refractivity contribution in [2.75, 3.05) is 12.3 Å². The highest BCUT2D eigenvalue weighted by Gasteiger charge is 2.30. The van der Waals surface area contributed by atoms with Crippen molar-refractivity contribution in [3.05, 3.63) is 47.4 Å². The third kappa shape index (κ3) is 2.58. The fourth-order valence-electron chi connectivity index (χ4n) is 2.59. The Kier molecular flexibility index (Phi) is 3.28. The molecule has 2 heterocycles. The monoisotopic (exact) mass is 270 g/mol. The number of nitrogens with zero attached hydrogens (tertiary/aromatic N) is 3. The van der Waals surface area contributed by atoms with E-state index < -0.39 is 0 Å². The van der Waals surface area contributed by atoms with E-state index >= 15 is 0 Å². The van der Waals surface area contributed by atoms with Gasteiger partial charge in [0, 0.05) is 19.2 Å². The Hall–Kier alpha value is -2.14. The van der Waals surface area contributed by atoms with Crippen LogP contribution in [0.4, 0.5) is 5.82 Å². The molecule has 0 saturated carbocycles. The summed E-state index contributed by atoms with van der Waals surface area (Å²) in [5, 5.41) is 9.31. The van der Waals surface area contributed by atoms with Crippen LogP contribution in [-0.2, 0) is 6.54 Å². The Morgan fingerprint density at radius 1 is 1.30 bits per heavy atom. The summed E-state index contributed by atoms with van der Waals surface area (Å²) in [5.74, 6) is 1.55. The molecule has 1 aliphatic rings. The van der Waals surface area contributed by atoms with Gasteiger partial charge in [-0.15, -0.1) is 0 Å². The van der Waals surface area contributed by atoms with Crippen molar-refractivity contribution in [3.8, 4) is 5.75 Å². The maximum Gasteiger partial charge on any atom is 0.127 e. The minimum Gasteiger partial charge on any atom is -0.508 e. The fraction of sp³-hybridized carbons (Fsp3) is 0.333. The SMILES string of the molecule is Cc1nc(N)cc([C@H]2CCN2Cc2ccc(O)cc2)n1. The Morgan fingerprint density at radius 2 is 2.05 bits per heavy atom. The summed E-state index contributed by atoms with van der Waals surface area (Å²) in [6, 6.07) is 9.51. The van der Waals surface area contributed by atoms with Crippen molar-refractivity contribution in [2.45, 2.75) is 25.9 Å². The Balaban J connectivity index is 1.74. The van der Waals surface area contributed by atoms with Crippen LogP contribution < -0.4 is 5.73 Å². The zero-order valence-corrected chi connectivity index (χ0v) is 11.5. The second kappa shape index (κ2) is 5.09. The lowest BCUT2D eigenvalue weighted by Crippen LogP contribution is -2.40. The molecular formula is C15H18N4O. The number of aryl methyl sites for hydroxylation is 1. The smallest absolute Gasteiger partial charge is 0.127 e. The molecule has 5 heteroatoms. The highest BCUT2D eigenvalue weighted by molar-refractivity contribution is 5.32. The Labute approximate surface area is 118 Å². The van der Waals surface area contributed by atoms with Gasteiger partial charge in [0.05, 0.1) is 11.7 Å². The summed E-state index contributed by atoms with van der Waals surface area (Å²) in [4.78, 5) is 11.0. The summed E-state index contributed by atoms with van der Waals surface area (Å²) in [5.41, 5.74) is 7.98. The Bertz CT molecular complexity index is 592. The number of rotatable bonds is 3. The summed E-state index contributed by atoms with van der Waals surface area (Å²) >= 11 is 0. The number of nitrogen functional groups attached to an aromatic ring is 1. The van der Waals surface area contributed by atoms with E-state index in [4.69, 9.17) is 5.73 Å². The van der Waals surface area contributed by atoms with E-state index in [9.17, 15) is 5.11 Å². The number of aromatic nitrogens is 2. The molecule has 1 saturated heterocycles. The quantitative estimate of drug-likeness (QED) is 0.892. The number of phenols is 1. The molecule has 1 aliphatic heterocycles. The number of phenolic OH excluding ortho intramolecular Hbond substituents is 1. The van der Waals surface area contributed by atoms with Crippen molar-refractivity contribution in [2.24, 2.45) is 0 Å². The van der Waals surface area contributed by atoms with E-state index in [-0.39, 0.29) is 0 Å². The maximum absolute atomic E-state index is 9.31. The second-order valence-electron chi connectivity index (χ2n) is 5.21. The van der Waals surface area contributed by atoms with Crippen molar-refractivity contribution in [1.29, 1.82) is 0 Å². The van der Waals surface area contributed by atoms with E-state index in [0.29, 0.717) is 17.6 Å². The average molecular weight is 270 g/mol. The molecule has 1 fully saturated rings. The van der Waals surface area contributed by atoms with Gasteiger partial charge >= 0.3 is 0 Å². The van der Waals surface area contributed by atoms with Crippen molar-refractivity contribution >= 4 is 5.82 Å². The molecule has 0 unspecified atom stereocenters. The predicted octanol–water partition coefficient (Wildman–Crippen LogP) is 2.02. The first kappa shape index (κ1) is 12.9. The van der Waals surface area contributed by atoms with Gasteiger partial charge in [-0.1, -0.05) is 12.1 Å². The number of aromatic hydroxyl groups is 1. The van der Waals surface area contributed by atoms with Crippen LogP contribution in [-0.4, -0.2) is 26.5 Å². The highest BCUT2D eigenvalue weighted by Crippen LogP contribution is 2.34. The van der Waals surface area contributed by atoms with Crippen molar-refractivity contribution < 1.29 is 5.11 Å². The van der Waals surface area contributed by atoms with Gasteiger partial charge in [-0.25, -0.2) is 9.97 Å². The predicted molar refractivity (Wildman–Crippen MR) is 77.1 cm³/mol. The van der Waals surface area contributed by atoms with Crippen LogP contribution in [0.5, 0.6) is 5.75 Å². The zero-order valence-electron chi connectivity index (χ0n) is 11.5. The number of anilines is 1. The molecule has 3 rings (SSSR count). The van der Waals surface area contributed by atoms with E-state index in [0.717, 1.165) is 31.0 Å². The number of nitrogens with two attached hydrogens (primary N) is 1. The standard InChI is InChI=1S/C15H18N4O/c1-10-17-13(8-15(16)18-10)14-6-7-19(14)9-11-2-4-12(20)5-3-11/h2-5,8,14,20H,6-7,9H2,1H3,(H2,16,17,18)/t14-/m1/s1. The number of hydrogen-bond acceptors (Lipinski definition) is 5. The van der Waals surface area contributed by atoms with Gasteiger partial charge in [-0.2, -0.15) is 0 Å². The topological polar surface area (TPSA) is 75.3 Å². The van der Waals surface area contributed by atoms with Crippen LogP contribution in [0.25, 0.3) is 0 Å². The molecule has 3 N–H and O–H groups in total. The number of benzene rings is 1. The fourth-order valence-corrected chi connectivity index (χ4v) is 2.59. The molecule has 0 radical (unpaired) electrons. The van der Waals surface area contributed by atoms with E-state index in [1.54, 1.807) is 12.1 Å². The first-order valence-electron chi connectivity index (χ1n) is 6.75. The minimum atomic E-state index is 0.299. The molecule has 0 bridgehead atoms. The maximum atomic E-state index is 9.31. The van der Waals surface area contributed by atoms with Gasteiger partial charge in [-0.05, 0) is 31.0 Å². The van der Waals surface area contributed by atoms with Gasteiger partial charge in [0.25, 0.3) is 0 Å². The first-order chi connectivity index (χ1) is 9.61. The summed E-state index contributed by atoms with van der Waals surface area (Å²) in [7, 11) is 0. The van der Waals surface area contributed by atoms with E-state index in [1.165, 1.54) is 5.56 Å². The largest absolute Gasteiger partial charge is 0.508 e. The van der Waals surface area contributed by atoms with Gasteiger partial charge in [0.1, 0.15) is 17.4 Å². The molecular weight excluding hydrogens is 252 g/mol. The molecule has 104 valence electrons. The molecule has 0 amide bonds. The third-order valence-electron chi connectivity index (χ3n) is 3.67. The van der Waals surface area contributed by atoms with E-state index in [2.05, 4.69) is 14.9 Å². The molecule has 1 aromatic heterocycles. The Morgan fingerprint density at radius 3 is 2.65 bits per heavy atom. The summed E-state index contributed by atoms with van der Waals surface area (Å²) in [6.45, 7) is 3.77. The van der Waals surface area contributed by atoms with Gasteiger partial charge < -0.3 is 10.8 Å².